The first kappa shape index (κ1) is 27.1. The number of benzene rings is 1. The molecule has 0 bridgehead atoms. The predicted molar refractivity (Wildman–Crippen MR) is 111 cm³/mol. The third-order valence-electron chi connectivity index (χ3n) is 4.64. The second-order valence-electron chi connectivity index (χ2n) is 8.68. The monoisotopic (exact) mass is 452 g/mol. The zero-order valence-corrected chi connectivity index (χ0v) is 18.6. The van der Waals surface area contributed by atoms with Crippen LogP contribution < -0.4 is 10.1 Å². The molecule has 0 radical (unpaired) electrons. The van der Waals surface area contributed by atoms with Crippen molar-refractivity contribution in [1.29, 1.82) is 0 Å². The van der Waals surface area contributed by atoms with E-state index in [1.165, 1.54) is 18.6 Å². The standard InChI is InChI=1S/C11H11F4NO2.C11H22FN/c1-2-16-9(17)7-4-3-5-8(6-7)18-11(14,15)10(12)13;1-11(2,3)6-9-13-7-4-10(12)5-8-13/h3-6,10H,2H2,1H3,(H,16,17);10H,4-9H2,1-3H3. The maximum absolute atomic E-state index is 12.8. The number of nitrogens with one attached hydrogen (secondary N) is 1. The molecule has 9 heteroatoms. The third kappa shape index (κ3) is 10.8. The van der Waals surface area contributed by atoms with Gasteiger partial charge in [-0.05, 0) is 56.3 Å². The van der Waals surface area contributed by atoms with E-state index in [-0.39, 0.29) is 5.56 Å². The van der Waals surface area contributed by atoms with Crippen molar-refractivity contribution in [3.05, 3.63) is 29.8 Å². The Morgan fingerprint density at radius 2 is 1.84 bits per heavy atom. The Labute approximate surface area is 181 Å². The first-order valence-electron chi connectivity index (χ1n) is 10.4. The molecule has 0 atom stereocenters. The van der Waals surface area contributed by atoms with E-state index in [0.29, 0.717) is 12.0 Å². The summed E-state index contributed by atoms with van der Waals surface area (Å²) in [5, 5.41) is 2.44. The van der Waals surface area contributed by atoms with Gasteiger partial charge >= 0.3 is 12.5 Å². The molecule has 1 fully saturated rings. The van der Waals surface area contributed by atoms with Crippen LogP contribution in [0.2, 0.25) is 0 Å². The first-order valence-corrected chi connectivity index (χ1v) is 10.4. The number of piperidine rings is 1. The number of rotatable bonds is 7. The Morgan fingerprint density at radius 1 is 1.23 bits per heavy atom. The molecule has 1 N–H and O–H groups in total. The molecule has 1 aromatic rings. The van der Waals surface area contributed by atoms with Crippen LogP contribution >= 0.6 is 0 Å². The van der Waals surface area contributed by atoms with Gasteiger partial charge < -0.3 is 15.0 Å². The van der Waals surface area contributed by atoms with Crippen LogP contribution in [0.1, 0.15) is 57.3 Å². The molecule has 0 aliphatic carbocycles. The van der Waals surface area contributed by atoms with Crippen LogP contribution in [-0.4, -0.2) is 55.7 Å². The lowest BCUT2D eigenvalue weighted by Gasteiger charge is -2.30. The lowest BCUT2D eigenvalue weighted by Crippen LogP contribution is -2.36. The summed E-state index contributed by atoms with van der Waals surface area (Å²) in [6, 6.07) is 4.67. The van der Waals surface area contributed by atoms with E-state index in [1.54, 1.807) is 6.92 Å². The van der Waals surface area contributed by atoms with E-state index >= 15 is 0 Å². The fourth-order valence-electron chi connectivity index (χ4n) is 2.78. The van der Waals surface area contributed by atoms with Crippen LogP contribution in [0.15, 0.2) is 24.3 Å². The molecular formula is C22H33F5N2O2. The molecule has 1 saturated heterocycles. The predicted octanol–water partition coefficient (Wildman–Crippen LogP) is 5.53. The molecule has 1 aromatic carbocycles. The molecule has 31 heavy (non-hydrogen) atoms. The SMILES string of the molecule is CC(C)(C)CCN1CCC(F)CC1.CCNC(=O)c1cccc(OC(F)(F)C(F)F)c1. The molecule has 0 unspecified atom stereocenters. The first-order chi connectivity index (χ1) is 14.3. The van der Waals surface area contributed by atoms with Gasteiger partial charge in [0, 0.05) is 25.2 Å². The third-order valence-corrected chi connectivity index (χ3v) is 4.64. The second kappa shape index (κ2) is 12.2. The molecule has 1 aliphatic rings. The Kier molecular flexibility index (Phi) is 10.7. The zero-order chi connectivity index (χ0) is 23.7. The number of carbonyl (C=O) groups is 1. The van der Waals surface area contributed by atoms with Gasteiger partial charge in [0.1, 0.15) is 11.9 Å². The Balaban J connectivity index is 0.000000327. The zero-order valence-electron chi connectivity index (χ0n) is 18.6. The lowest BCUT2D eigenvalue weighted by molar-refractivity contribution is -0.253. The van der Waals surface area contributed by atoms with Gasteiger partial charge in [0.15, 0.2) is 0 Å². The quantitative estimate of drug-likeness (QED) is 0.553. The molecule has 178 valence electrons. The lowest BCUT2D eigenvalue weighted by atomic mass is 9.92. The van der Waals surface area contributed by atoms with Crippen molar-refractivity contribution in [3.63, 3.8) is 0 Å². The van der Waals surface area contributed by atoms with Gasteiger partial charge in [0.2, 0.25) is 0 Å². The number of likely N-dealkylation sites (tertiary alicyclic amines) is 1. The highest BCUT2D eigenvalue weighted by atomic mass is 19.3. The summed E-state index contributed by atoms with van der Waals surface area (Å²) in [6.45, 7) is 11.9. The van der Waals surface area contributed by atoms with Crippen molar-refractivity contribution >= 4 is 5.91 Å². The van der Waals surface area contributed by atoms with Gasteiger partial charge in [-0.25, -0.2) is 4.39 Å². The molecule has 0 spiro atoms. The number of amides is 1. The number of alkyl halides is 5. The maximum atomic E-state index is 12.8. The highest BCUT2D eigenvalue weighted by Crippen LogP contribution is 2.27. The fraction of sp³-hybridized carbons (Fsp3) is 0.682. The largest absolute Gasteiger partial charge is 0.461 e. The van der Waals surface area contributed by atoms with Gasteiger partial charge in [0.25, 0.3) is 5.91 Å². The van der Waals surface area contributed by atoms with Crippen LogP contribution in [0.25, 0.3) is 0 Å². The van der Waals surface area contributed by atoms with Crippen molar-refractivity contribution < 1.29 is 31.5 Å². The fourth-order valence-corrected chi connectivity index (χ4v) is 2.78. The number of hydrogen-bond donors (Lipinski definition) is 1. The normalized spacial score (nSPS) is 15.9. The summed E-state index contributed by atoms with van der Waals surface area (Å²) >= 11 is 0. The van der Waals surface area contributed by atoms with E-state index in [2.05, 4.69) is 35.7 Å². The van der Waals surface area contributed by atoms with Gasteiger partial charge in [0.05, 0.1) is 0 Å². The van der Waals surface area contributed by atoms with Crippen LogP contribution in [-0.2, 0) is 0 Å². The number of hydrogen-bond acceptors (Lipinski definition) is 3. The molecule has 1 amide bonds. The van der Waals surface area contributed by atoms with Crippen molar-refractivity contribution in [3.8, 4) is 5.75 Å². The van der Waals surface area contributed by atoms with Crippen LogP contribution in [0.4, 0.5) is 22.0 Å². The molecule has 4 nitrogen and oxygen atoms in total. The molecule has 1 heterocycles. The van der Waals surface area contributed by atoms with Gasteiger partial charge in [-0.3, -0.25) is 4.79 Å². The van der Waals surface area contributed by atoms with Crippen LogP contribution in [0, 0.1) is 5.41 Å². The minimum absolute atomic E-state index is 0.0550. The average Bonchev–Trinajstić information content (AvgIpc) is 2.67. The minimum atomic E-state index is -4.58. The van der Waals surface area contributed by atoms with Crippen molar-refractivity contribution in [1.82, 2.24) is 10.2 Å². The highest BCUT2D eigenvalue weighted by molar-refractivity contribution is 5.94. The molecule has 0 aromatic heterocycles. The van der Waals surface area contributed by atoms with E-state index in [4.69, 9.17) is 0 Å². The van der Waals surface area contributed by atoms with Gasteiger partial charge in [-0.2, -0.15) is 17.6 Å². The number of carbonyl (C=O) groups excluding carboxylic acids is 1. The summed E-state index contributed by atoms with van der Waals surface area (Å²) in [5.74, 6) is -0.993. The van der Waals surface area contributed by atoms with Gasteiger partial charge in [-0.1, -0.05) is 26.8 Å². The van der Waals surface area contributed by atoms with Crippen molar-refractivity contribution in [2.24, 2.45) is 5.41 Å². The van der Waals surface area contributed by atoms with E-state index < -0.39 is 30.4 Å². The number of nitrogens with zero attached hydrogens (tertiary/aromatic N) is 1. The summed E-state index contributed by atoms with van der Waals surface area (Å²) in [5.41, 5.74) is 0.464. The summed E-state index contributed by atoms with van der Waals surface area (Å²) < 4.78 is 65.8. The van der Waals surface area contributed by atoms with Crippen LogP contribution in [0.5, 0.6) is 5.75 Å². The Hall–Kier alpha value is -1.90. The second-order valence-corrected chi connectivity index (χ2v) is 8.68. The minimum Gasteiger partial charge on any atom is -0.428 e. The number of ether oxygens (including phenoxy) is 1. The molecular weight excluding hydrogens is 419 g/mol. The Morgan fingerprint density at radius 3 is 2.35 bits per heavy atom. The average molecular weight is 453 g/mol. The number of halogens is 5. The smallest absolute Gasteiger partial charge is 0.428 e. The van der Waals surface area contributed by atoms with E-state index in [1.807, 2.05) is 0 Å². The highest BCUT2D eigenvalue weighted by Gasteiger charge is 2.44. The maximum Gasteiger partial charge on any atom is 0.461 e. The van der Waals surface area contributed by atoms with Gasteiger partial charge in [-0.15, -0.1) is 0 Å². The summed E-state index contributed by atoms with van der Waals surface area (Å²) in [7, 11) is 0. The van der Waals surface area contributed by atoms with Crippen molar-refractivity contribution in [2.45, 2.75) is 65.7 Å². The van der Waals surface area contributed by atoms with Crippen LogP contribution in [0.3, 0.4) is 0 Å². The van der Waals surface area contributed by atoms with E-state index in [9.17, 15) is 26.7 Å². The Bertz CT molecular complexity index is 672. The molecule has 1 aliphatic heterocycles. The molecule has 2 rings (SSSR count). The molecule has 0 saturated carbocycles. The summed E-state index contributed by atoms with van der Waals surface area (Å²) in [4.78, 5) is 13.8. The van der Waals surface area contributed by atoms with Crippen molar-refractivity contribution in [2.75, 3.05) is 26.2 Å². The van der Waals surface area contributed by atoms with E-state index in [0.717, 1.165) is 44.6 Å². The summed E-state index contributed by atoms with van der Waals surface area (Å²) in [6.07, 6.45) is -6.37. The topological polar surface area (TPSA) is 41.6 Å².